The minimum Gasteiger partial charge on any atom is -0.478 e. The summed E-state index contributed by atoms with van der Waals surface area (Å²) in [5.74, 6) is -1.63. The van der Waals surface area contributed by atoms with Crippen LogP contribution in [-0.2, 0) is 4.79 Å². The first-order valence-electron chi connectivity index (χ1n) is 4.99. The van der Waals surface area contributed by atoms with Crippen LogP contribution in [0.4, 0.5) is 18.9 Å². The molecule has 0 atom stereocenters. The van der Waals surface area contributed by atoms with E-state index in [0.29, 0.717) is 5.01 Å². The predicted molar refractivity (Wildman–Crippen MR) is 60.4 cm³/mol. The summed E-state index contributed by atoms with van der Waals surface area (Å²) in [4.78, 5) is 14.5. The van der Waals surface area contributed by atoms with Crippen molar-refractivity contribution < 1.29 is 23.1 Å². The van der Waals surface area contributed by atoms with Crippen molar-refractivity contribution in [3.63, 3.8) is 0 Å². The molecule has 102 valence electrons. The number of aliphatic carboxylic acids is 1. The van der Waals surface area contributed by atoms with Crippen molar-refractivity contribution in [1.82, 2.24) is 10.4 Å². The Morgan fingerprint density at radius 2 is 2.21 bits per heavy atom. The molecule has 0 radical (unpaired) electrons. The average Bonchev–Trinajstić information content (AvgIpc) is 2.73. The molecular formula is C10H7ClF3N3O2. The molecule has 2 rings (SSSR count). The van der Waals surface area contributed by atoms with Crippen molar-refractivity contribution in [2.45, 2.75) is 6.18 Å². The van der Waals surface area contributed by atoms with E-state index in [1.165, 1.54) is 18.5 Å². The first kappa shape index (κ1) is 13.6. The second kappa shape index (κ2) is 4.71. The number of pyridine rings is 1. The molecule has 19 heavy (non-hydrogen) atoms. The topological polar surface area (TPSA) is 65.5 Å². The van der Waals surface area contributed by atoms with Crippen LogP contribution in [-0.4, -0.2) is 28.8 Å². The van der Waals surface area contributed by atoms with Gasteiger partial charge in [-0.25, -0.2) is 10.2 Å². The Bertz CT molecular complexity index is 559. The largest absolute Gasteiger partial charge is 0.478 e. The molecular weight excluding hydrogens is 287 g/mol. The highest BCUT2D eigenvalue weighted by molar-refractivity contribution is 6.33. The van der Waals surface area contributed by atoms with E-state index in [2.05, 4.69) is 10.4 Å². The molecule has 2 N–H and O–H groups in total. The van der Waals surface area contributed by atoms with Crippen LogP contribution in [0.3, 0.4) is 0 Å². The van der Waals surface area contributed by atoms with Gasteiger partial charge in [-0.3, -0.25) is 9.99 Å². The zero-order valence-corrected chi connectivity index (χ0v) is 9.96. The summed E-state index contributed by atoms with van der Waals surface area (Å²) in [5.41, 5.74) is 0.287. The van der Waals surface area contributed by atoms with E-state index < -0.39 is 30.0 Å². The Balaban J connectivity index is 2.54. The molecule has 9 heteroatoms. The average molecular weight is 294 g/mol. The van der Waals surface area contributed by atoms with Gasteiger partial charge < -0.3 is 5.11 Å². The number of aromatic nitrogens is 1. The molecule has 2 heterocycles. The van der Waals surface area contributed by atoms with Gasteiger partial charge in [0.05, 0.1) is 16.3 Å². The molecule has 0 aromatic carbocycles. The van der Waals surface area contributed by atoms with Gasteiger partial charge in [0.25, 0.3) is 0 Å². The van der Waals surface area contributed by atoms with Gasteiger partial charge in [0.15, 0.2) is 5.70 Å². The zero-order chi connectivity index (χ0) is 14.2. The third-order valence-corrected chi connectivity index (χ3v) is 2.73. The second-order valence-corrected chi connectivity index (χ2v) is 4.03. The van der Waals surface area contributed by atoms with Crippen molar-refractivity contribution in [2.75, 3.05) is 11.6 Å². The number of carboxylic acids is 1. The van der Waals surface area contributed by atoms with Gasteiger partial charge in [-0.2, -0.15) is 13.2 Å². The van der Waals surface area contributed by atoms with Crippen LogP contribution in [0, 0.1) is 0 Å². The Morgan fingerprint density at radius 3 is 2.74 bits per heavy atom. The normalized spacial score (nSPS) is 16.1. The number of hydrazine groups is 1. The van der Waals surface area contributed by atoms with Crippen LogP contribution in [0.5, 0.6) is 0 Å². The van der Waals surface area contributed by atoms with Gasteiger partial charge >= 0.3 is 12.1 Å². The third-order valence-electron chi connectivity index (χ3n) is 2.44. The molecule has 0 saturated carbocycles. The zero-order valence-electron chi connectivity index (χ0n) is 9.20. The number of nitrogens with one attached hydrogen (secondary N) is 1. The van der Waals surface area contributed by atoms with Gasteiger partial charge in [0.2, 0.25) is 0 Å². The highest BCUT2D eigenvalue weighted by atomic mass is 35.5. The fourth-order valence-electron chi connectivity index (χ4n) is 1.69. The second-order valence-electron chi connectivity index (χ2n) is 3.63. The van der Waals surface area contributed by atoms with Gasteiger partial charge in [-0.15, -0.1) is 0 Å². The highest BCUT2D eigenvalue weighted by Gasteiger charge is 2.46. The van der Waals surface area contributed by atoms with E-state index >= 15 is 0 Å². The molecule has 1 aromatic rings. The molecule has 0 spiro atoms. The van der Waals surface area contributed by atoms with Crippen molar-refractivity contribution in [2.24, 2.45) is 0 Å². The van der Waals surface area contributed by atoms with E-state index in [0.717, 1.165) is 0 Å². The highest BCUT2D eigenvalue weighted by Crippen LogP contribution is 2.38. The van der Waals surface area contributed by atoms with Crippen LogP contribution in [0.1, 0.15) is 0 Å². The fraction of sp³-hybridized carbons (Fsp3) is 0.200. The maximum absolute atomic E-state index is 13.0. The van der Waals surface area contributed by atoms with E-state index in [9.17, 15) is 18.0 Å². The van der Waals surface area contributed by atoms with Gasteiger partial charge in [0.1, 0.15) is 0 Å². The molecule has 0 unspecified atom stereocenters. The summed E-state index contributed by atoms with van der Waals surface area (Å²) in [5, 5.41) is 9.40. The summed E-state index contributed by atoms with van der Waals surface area (Å²) in [6.07, 6.45) is -2.38. The first-order chi connectivity index (χ1) is 8.82. The van der Waals surface area contributed by atoms with Gasteiger partial charge in [0, 0.05) is 18.9 Å². The van der Waals surface area contributed by atoms with Crippen LogP contribution in [0.15, 0.2) is 29.7 Å². The Labute approximate surface area is 110 Å². The first-order valence-corrected chi connectivity index (χ1v) is 5.37. The Morgan fingerprint density at radius 1 is 1.53 bits per heavy atom. The SMILES string of the molecule is O=C(O)C1=C(C(F)(F)F)N(c2ccncc2Cl)NC1. The van der Waals surface area contributed by atoms with Gasteiger partial charge in [-0.05, 0) is 6.07 Å². The summed E-state index contributed by atoms with van der Waals surface area (Å²) in [6.45, 7) is -0.442. The fourth-order valence-corrected chi connectivity index (χ4v) is 1.89. The molecule has 0 amide bonds. The van der Waals surface area contributed by atoms with Crippen molar-refractivity contribution in [1.29, 1.82) is 0 Å². The maximum atomic E-state index is 13.0. The Hall–Kier alpha value is -1.80. The van der Waals surface area contributed by atoms with E-state index in [-0.39, 0.29) is 10.7 Å². The van der Waals surface area contributed by atoms with Crippen molar-refractivity contribution in [3.8, 4) is 0 Å². The Kier molecular flexibility index (Phi) is 3.38. The lowest BCUT2D eigenvalue weighted by atomic mass is 10.2. The number of carboxylic acid groups (broad SMARTS) is 1. The molecule has 0 bridgehead atoms. The molecule has 1 aromatic heterocycles. The van der Waals surface area contributed by atoms with Crippen LogP contribution < -0.4 is 10.4 Å². The number of halogens is 4. The summed E-state index contributed by atoms with van der Waals surface area (Å²) in [7, 11) is 0. The lowest BCUT2D eigenvalue weighted by Gasteiger charge is -2.24. The molecule has 5 nitrogen and oxygen atoms in total. The number of rotatable bonds is 2. The lowest BCUT2D eigenvalue weighted by molar-refractivity contribution is -0.133. The van der Waals surface area contributed by atoms with Crippen molar-refractivity contribution >= 4 is 23.3 Å². The smallest absolute Gasteiger partial charge is 0.433 e. The van der Waals surface area contributed by atoms with Crippen LogP contribution in [0.25, 0.3) is 0 Å². The van der Waals surface area contributed by atoms with Gasteiger partial charge in [-0.1, -0.05) is 11.6 Å². The van der Waals surface area contributed by atoms with E-state index in [4.69, 9.17) is 16.7 Å². The van der Waals surface area contributed by atoms with Crippen molar-refractivity contribution in [3.05, 3.63) is 34.8 Å². The number of allylic oxidation sites excluding steroid dienone is 1. The quantitative estimate of drug-likeness (QED) is 0.872. The molecule has 1 aliphatic heterocycles. The number of anilines is 1. The monoisotopic (exact) mass is 293 g/mol. The standard InChI is InChI=1S/C10H7ClF3N3O2/c11-6-4-15-2-1-7(6)17-8(10(12,13)14)5(3-16-17)9(18)19/h1-2,4,16H,3H2,(H,18,19). The minimum absolute atomic E-state index is 0.0137. The molecule has 1 aliphatic rings. The number of carbonyl (C=O) groups is 1. The van der Waals surface area contributed by atoms with E-state index in [1.54, 1.807) is 0 Å². The van der Waals surface area contributed by atoms with Crippen LogP contribution >= 0.6 is 11.6 Å². The lowest BCUT2D eigenvalue weighted by Crippen LogP contribution is -2.37. The summed E-state index contributed by atoms with van der Waals surface area (Å²) >= 11 is 5.77. The summed E-state index contributed by atoms with van der Waals surface area (Å²) in [6, 6.07) is 1.26. The number of hydrogen-bond donors (Lipinski definition) is 2. The maximum Gasteiger partial charge on any atom is 0.433 e. The van der Waals surface area contributed by atoms with E-state index in [1.807, 2.05) is 0 Å². The van der Waals surface area contributed by atoms with Crippen LogP contribution in [0.2, 0.25) is 5.02 Å². The minimum atomic E-state index is -4.82. The molecule has 0 fully saturated rings. The molecule has 0 aliphatic carbocycles. The third kappa shape index (κ3) is 2.49. The summed E-state index contributed by atoms with van der Waals surface area (Å²) < 4.78 is 38.9. The predicted octanol–water partition coefficient (Wildman–Crippen LogP) is 1.96. The number of nitrogens with zero attached hydrogens (tertiary/aromatic N) is 2. The number of hydrogen-bond acceptors (Lipinski definition) is 4. The molecule has 0 saturated heterocycles. The number of alkyl halides is 3.